The Hall–Kier alpha value is -2.80. The van der Waals surface area contributed by atoms with E-state index in [4.69, 9.17) is 4.74 Å². The summed E-state index contributed by atoms with van der Waals surface area (Å²) in [5.41, 5.74) is 1.10. The number of aromatic nitrogens is 1. The van der Waals surface area contributed by atoms with E-state index < -0.39 is 0 Å². The van der Waals surface area contributed by atoms with Crippen LogP contribution in [0, 0.1) is 0 Å². The van der Waals surface area contributed by atoms with Crippen LogP contribution in [0.4, 0.5) is 5.82 Å². The number of anilines is 1. The highest BCUT2D eigenvalue weighted by molar-refractivity contribution is 5.79. The average molecular weight is 411 g/mol. The largest absolute Gasteiger partial charge is 0.492 e. The Labute approximate surface area is 180 Å². The van der Waals surface area contributed by atoms with Crippen molar-refractivity contribution in [2.45, 2.75) is 20.4 Å². The molecule has 0 atom stereocenters. The van der Waals surface area contributed by atoms with E-state index in [1.807, 2.05) is 36.5 Å². The number of piperazine rings is 1. The number of aliphatic imine (C=N–C) groups is 1. The summed E-state index contributed by atoms with van der Waals surface area (Å²) in [7, 11) is 0. The Morgan fingerprint density at radius 1 is 1.03 bits per heavy atom. The topological polar surface area (TPSA) is 65.0 Å². The summed E-state index contributed by atoms with van der Waals surface area (Å²) in [6, 6.07) is 14.1. The lowest BCUT2D eigenvalue weighted by Crippen LogP contribution is -2.46. The third kappa shape index (κ3) is 6.91. The molecule has 0 aliphatic carbocycles. The molecule has 3 rings (SSSR count). The molecular formula is C23H34N6O. The van der Waals surface area contributed by atoms with Crippen LogP contribution in [-0.4, -0.2) is 68.3 Å². The number of rotatable bonds is 9. The van der Waals surface area contributed by atoms with E-state index in [1.165, 1.54) is 0 Å². The lowest BCUT2D eigenvalue weighted by Gasteiger charge is -2.34. The molecule has 0 bridgehead atoms. The van der Waals surface area contributed by atoms with Crippen molar-refractivity contribution in [3.63, 3.8) is 0 Å². The van der Waals surface area contributed by atoms with Crippen molar-refractivity contribution in [3.05, 3.63) is 54.2 Å². The summed E-state index contributed by atoms with van der Waals surface area (Å²) in [4.78, 5) is 14.2. The quantitative estimate of drug-likeness (QED) is 0.376. The first-order chi connectivity index (χ1) is 14.8. The van der Waals surface area contributed by atoms with E-state index in [0.717, 1.165) is 62.4 Å². The number of nitrogens with one attached hydrogen (secondary N) is 2. The zero-order valence-electron chi connectivity index (χ0n) is 18.2. The van der Waals surface area contributed by atoms with Gasteiger partial charge in [0, 0.05) is 38.9 Å². The van der Waals surface area contributed by atoms with Gasteiger partial charge in [0.15, 0.2) is 5.96 Å². The molecule has 7 nitrogen and oxygen atoms in total. The van der Waals surface area contributed by atoms with Crippen LogP contribution in [0.15, 0.2) is 53.7 Å². The highest BCUT2D eigenvalue weighted by atomic mass is 16.5. The first-order valence-corrected chi connectivity index (χ1v) is 10.9. The number of hydrogen-bond donors (Lipinski definition) is 2. The lowest BCUT2D eigenvalue weighted by atomic mass is 10.2. The van der Waals surface area contributed by atoms with Crippen molar-refractivity contribution in [1.82, 2.24) is 20.5 Å². The molecule has 30 heavy (non-hydrogen) atoms. The zero-order valence-corrected chi connectivity index (χ0v) is 18.2. The number of hydrogen-bond acceptors (Lipinski definition) is 5. The van der Waals surface area contributed by atoms with Crippen molar-refractivity contribution in [3.8, 4) is 5.75 Å². The Morgan fingerprint density at radius 2 is 1.83 bits per heavy atom. The molecule has 0 amide bonds. The lowest BCUT2D eigenvalue weighted by molar-refractivity contribution is 0.270. The predicted octanol–water partition coefficient (Wildman–Crippen LogP) is 2.36. The second-order valence-corrected chi connectivity index (χ2v) is 7.23. The molecule has 0 saturated carbocycles. The molecule has 2 aromatic rings. The van der Waals surface area contributed by atoms with Crippen LogP contribution in [0.5, 0.6) is 5.75 Å². The fraction of sp³-hybridized carbons (Fsp3) is 0.478. The van der Waals surface area contributed by atoms with E-state index in [2.05, 4.69) is 56.4 Å². The summed E-state index contributed by atoms with van der Waals surface area (Å²) >= 11 is 0. The molecule has 1 aliphatic rings. The van der Waals surface area contributed by atoms with Crippen LogP contribution in [0.1, 0.15) is 19.4 Å². The van der Waals surface area contributed by atoms with Crippen LogP contribution in [0.2, 0.25) is 0 Å². The number of benzene rings is 1. The van der Waals surface area contributed by atoms with Crippen molar-refractivity contribution < 1.29 is 4.74 Å². The maximum atomic E-state index is 5.72. The summed E-state index contributed by atoms with van der Waals surface area (Å²) in [6.07, 6.45) is 1.94. The van der Waals surface area contributed by atoms with Gasteiger partial charge < -0.3 is 25.2 Å². The Morgan fingerprint density at radius 3 is 2.50 bits per heavy atom. The SMILES string of the molecule is CCNC(=NCc1ccc(N2CCN(CC)CC2)nc1)NCCOc1ccccc1. The Balaban J connectivity index is 1.45. The Bertz CT molecular complexity index is 757. The zero-order chi connectivity index (χ0) is 21.0. The molecule has 1 aromatic carbocycles. The highest BCUT2D eigenvalue weighted by Gasteiger charge is 2.16. The van der Waals surface area contributed by atoms with Gasteiger partial charge in [-0.2, -0.15) is 0 Å². The van der Waals surface area contributed by atoms with E-state index in [0.29, 0.717) is 19.7 Å². The fourth-order valence-electron chi connectivity index (χ4n) is 3.36. The normalized spacial score (nSPS) is 15.1. The minimum absolute atomic E-state index is 0.579. The minimum atomic E-state index is 0.579. The molecule has 162 valence electrons. The van der Waals surface area contributed by atoms with Crippen LogP contribution < -0.4 is 20.3 Å². The third-order valence-electron chi connectivity index (χ3n) is 5.12. The monoisotopic (exact) mass is 410 g/mol. The summed E-state index contributed by atoms with van der Waals surface area (Å²) < 4.78 is 5.72. The molecular weight excluding hydrogens is 376 g/mol. The van der Waals surface area contributed by atoms with Crippen molar-refractivity contribution in [2.75, 3.05) is 57.3 Å². The van der Waals surface area contributed by atoms with E-state index in [-0.39, 0.29) is 0 Å². The number of likely N-dealkylation sites (N-methyl/N-ethyl adjacent to an activating group) is 1. The number of nitrogens with zero attached hydrogens (tertiary/aromatic N) is 4. The van der Waals surface area contributed by atoms with Crippen molar-refractivity contribution >= 4 is 11.8 Å². The van der Waals surface area contributed by atoms with Crippen LogP contribution in [0.3, 0.4) is 0 Å². The second-order valence-electron chi connectivity index (χ2n) is 7.23. The second kappa shape index (κ2) is 12.0. The van der Waals surface area contributed by atoms with E-state index in [9.17, 15) is 0 Å². The number of ether oxygens (including phenoxy) is 1. The van der Waals surface area contributed by atoms with Gasteiger partial charge in [-0.05, 0) is 37.2 Å². The molecule has 1 aliphatic heterocycles. The third-order valence-corrected chi connectivity index (χ3v) is 5.12. The smallest absolute Gasteiger partial charge is 0.191 e. The minimum Gasteiger partial charge on any atom is -0.492 e. The van der Waals surface area contributed by atoms with E-state index in [1.54, 1.807) is 0 Å². The van der Waals surface area contributed by atoms with Gasteiger partial charge in [-0.3, -0.25) is 0 Å². The average Bonchev–Trinajstić information content (AvgIpc) is 2.81. The number of para-hydroxylation sites is 1. The standard InChI is InChI=1S/C23H34N6O/c1-3-24-23(25-12-17-30-21-8-6-5-7-9-21)27-19-20-10-11-22(26-18-20)29-15-13-28(4-2)14-16-29/h5-11,18H,3-4,12-17,19H2,1-2H3,(H2,24,25,27). The number of guanidine groups is 1. The van der Waals surface area contributed by atoms with Gasteiger partial charge >= 0.3 is 0 Å². The predicted molar refractivity (Wildman–Crippen MR) is 123 cm³/mol. The molecule has 0 radical (unpaired) electrons. The van der Waals surface area contributed by atoms with Gasteiger partial charge in [-0.15, -0.1) is 0 Å². The Kier molecular flexibility index (Phi) is 8.78. The van der Waals surface area contributed by atoms with Crippen molar-refractivity contribution in [2.24, 2.45) is 4.99 Å². The van der Waals surface area contributed by atoms with Gasteiger partial charge in [0.25, 0.3) is 0 Å². The maximum absolute atomic E-state index is 5.72. The fourth-order valence-corrected chi connectivity index (χ4v) is 3.36. The summed E-state index contributed by atoms with van der Waals surface area (Å²) in [6.45, 7) is 12.4. The molecule has 2 heterocycles. The summed E-state index contributed by atoms with van der Waals surface area (Å²) in [5, 5.41) is 6.59. The molecule has 7 heteroatoms. The maximum Gasteiger partial charge on any atom is 0.191 e. The van der Waals surface area contributed by atoms with Gasteiger partial charge in [0.05, 0.1) is 13.1 Å². The first kappa shape index (κ1) is 21.9. The van der Waals surface area contributed by atoms with E-state index >= 15 is 0 Å². The van der Waals surface area contributed by atoms with Crippen molar-refractivity contribution in [1.29, 1.82) is 0 Å². The van der Waals surface area contributed by atoms with Crippen LogP contribution >= 0.6 is 0 Å². The summed E-state index contributed by atoms with van der Waals surface area (Å²) in [5.74, 6) is 2.72. The van der Waals surface area contributed by atoms with Crippen LogP contribution in [-0.2, 0) is 6.54 Å². The molecule has 1 aromatic heterocycles. The number of pyridine rings is 1. The first-order valence-electron chi connectivity index (χ1n) is 10.9. The van der Waals surface area contributed by atoms with Crippen LogP contribution in [0.25, 0.3) is 0 Å². The van der Waals surface area contributed by atoms with Gasteiger partial charge in [-0.1, -0.05) is 31.2 Å². The van der Waals surface area contributed by atoms with Gasteiger partial charge in [0.1, 0.15) is 18.2 Å². The van der Waals surface area contributed by atoms with Gasteiger partial charge in [0.2, 0.25) is 0 Å². The molecule has 0 unspecified atom stereocenters. The van der Waals surface area contributed by atoms with Gasteiger partial charge in [-0.25, -0.2) is 9.98 Å². The molecule has 2 N–H and O–H groups in total. The highest BCUT2D eigenvalue weighted by Crippen LogP contribution is 2.14. The molecule has 1 saturated heterocycles. The molecule has 0 spiro atoms. The molecule has 1 fully saturated rings.